The van der Waals surface area contributed by atoms with Crippen LogP contribution >= 0.6 is 11.8 Å². The van der Waals surface area contributed by atoms with Gasteiger partial charge < -0.3 is 27.4 Å². The molecule has 1 aliphatic rings. The zero-order chi connectivity index (χ0) is 21.1. The van der Waals surface area contributed by atoms with Gasteiger partial charge in [0.05, 0.1) is 17.5 Å². The van der Waals surface area contributed by atoms with Gasteiger partial charge in [0.25, 0.3) is 0 Å². The van der Waals surface area contributed by atoms with Gasteiger partial charge in [0.1, 0.15) is 0 Å². The summed E-state index contributed by atoms with van der Waals surface area (Å²) in [6.07, 6.45) is 1.40. The lowest BCUT2D eigenvalue weighted by Crippen LogP contribution is -2.45. The molecule has 0 bridgehead atoms. The summed E-state index contributed by atoms with van der Waals surface area (Å²) >= 11 is 1.36. The molecule has 1 heterocycles. The zero-order valence-electron chi connectivity index (χ0n) is 16.9. The number of nitrogens with zero attached hydrogens (tertiary/aromatic N) is 2. The summed E-state index contributed by atoms with van der Waals surface area (Å²) in [4.78, 5) is 41.4. The molecule has 1 aliphatic heterocycles. The number of nitrogens with two attached hydrogens (primary N) is 2. The lowest BCUT2D eigenvalue weighted by molar-refractivity contribution is -0.140. The average Bonchev–Trinajstić information content (AvgIpc) is 2.97. The minimum absolute atomic E-state index is 0.160. The van der Waals surface area contributed by atoms with E-state index in [4.69, 9.17) is 11.5 Å². The van der Waals surface area contributed by atoms with Crippen molar-refractivity contribution in [3.63, 3.8) is 0 Å². The number of carbonyl (C=O) groups is 3. The quantitative estimate of drug-likeness (QED) is 0.119. The molecular weight excluding hydrogens is 382 g/mol. The first-order chi connectivity index (χ1) is 13.3. The van der Waals surface area contributed by atoms with E-state index in [1.54, 1.807) is 14.1 Å². The molecule has 3 amide bonds. The highest BCUT2D eigenvalue weighted by molar-refractivity contribution is 8.00. The summed E-state index contributed by atoms with van der Waals surface area (Å²) in [6.45, 7) is 2.88. The van der Waals surface area contributed by atoms with Gasteiger partial charge in [-0.15, -0.1) is 11.8 Å². The van der Waals surface area contributed by atoms with Crippen LogP contribution in [0.25, 0.3) is 0 Å². The van der Waals surface area contributed by atoms with E-state index in [2.05, 4.69) is 20.9 Å². The number of hydrogen-bond donors (Lipinski definition) is 5. The normalized spacial score (nSPS) is 19.5. The summed E-state index contributed by atoms with van der Waals surface area (Å²) in [5.74, 6) is 0.523. The molecule has 3 atom stereocenters. The number of likely N-dealkylation sites (tertiary alicyclic amines) is 1. The molecule has 0 saturated carbocycles. The molecule has 1 fully saturated rings. The van der Waals surface area contributed by atoms with Gasteiger partial charge in [0.15, 0.2) is 5.96 Å². The number of rotatable bonds is 11. The molecule has 0 aromatic rings. The predicted octanol–water partition coefficient (Wildman–Crippen LogP) is -1.44. The number of thioether (sulfide) groups is 1. The molecule has 160 valence electrons. The Morgan fingerprint density at radius 1 is 1.32 bits per heavy atom. The van der Waals surface area contributed by atoms with E-state index in [0.717, 1.165) is 11.3 Å². The van der Waals surface area contributed by atoms with Crippen LogP contribution in [0.5, 0.6) is 0 Å². The summed E-state index contributed by atoms with van der Waals surface area (Å²) in [5.41, 5.74) is 11.7. The van der Waals surface area contributed by atoms with Crippen LogP contribution in [0.4, 0.5) is 0 Å². The van der Waals surface area contributed by atoms with Crippen LogP contribution in [-0.2, 0) is 14.4 Å². The first-order valence-electron chi connectivity index (χ1n) is 9.50. The fourth-order valence-electron chi connectivity index (χ4n) is 2.73. The van der Waals surface area contributed by atoms with Gasteiger partial charge in [0.2, 0.25) is 17.7 Å². The topological polar surface area (TPSA) is 155 Å². The molecular formula is C17H33N7O3S. The van der Waals surface area contributed by atoms with Gasteiger partial charge in [-0.25, -0.2) is 0 Å². The predicted molar refractivity (Wildman–Crippen MR) is 112 cm³/mol. The highest BCUT2D eigenvalue weighted by Gasteiger charge is 2.40. The number of carbonyl (C=O) groups excluding carboxylic acids is 3. The Labute approximate surface area is 170 Å². The molecule has 28 heavy (non-hydrogen) atoms. The monoisotopic (exact) mass is 415 g/mol. The first kappa shape index (κ1) is 24.2. The Kier molecular flexibility index (Phi) is 10.9. The second-order valence-corrected chi connectivity index (χ2v) is 7.74. The zero-order valence-corrected chi connectivity index (χ0v) is 17.7. The van der Waals surface area contributed by atoms with E-state index in [1.807, 2.05) is 6.92 Å². The van der Waals surface area contributed by atoms with Crippen LogP contribution in [-0.4, -0.2) is 79.0 Å². The van der Waals surface area contributed by atoms with E-state index in [-0.39, 0.29) is 24.1 Å². The van der Waals surface area contributed by atoms with Gasteiger partial charge in [-0.1, -0.05) is 6.92 Å². The molecule has 0 aromatic carbocycles. The van der Waals surface area contributed by atoms with Crippen molar-refractivity contribution in [3.8, 4) is 0 Å². The Balaban J connectivity index is 2.22. The minimum Gasteiger partial charge on any atom is -0.359 e. The van der Waals surface area contributed by atoms with Crippen LogP contribution in [0, 0.1) is 0 Å². The Bertz CT molecular complexity index is 573. The second kappa shape index (κ2) is 12.6. The molecule has 3 unspecified atom stereocenters. The molecule has 1 saturated heterocycles. The summed E-state index contributed by atoms with van der Waals surface area (Å²) in [5, 5.41) is 8.35. The van der Waals surface area contributed by atoms with Crippen LogP contribution < -0.4 is 27.4 Å². The van der Waals surface area contributed by atoms with E-state index in [0.29, 0.717) is 37.6 Å². The van der Waals surface area contributed by atoms with Crippen molar-refractivity contribution in [3.05, 3.63) is 0 Å². The van der Waals surface area contributed by atoms with Gasteiger partial charge in [0, 0.05) is 39.4 Å². The Morgan fingerprint density at radius 2 is 2.04 bits per heavy atom. The van der Waals surface area contributed by atoms with Gasteiger partial charge in [-0.05, 0) is 19.3 Å². The Hall–Kier alpha value is -1.85. The number of nitrogens with one attached hydrogen (secondary N) is 3. The third-order valence-corrected chi connectivity index (χ3v) is 5.60. The lowest BCUT2D eigenvalue weighted by Gasteiger charge is -2.21. The smallest absolute Gasteiger partial charge is 0.244 e. The number of guanidine groups is 1. The van der Waals surface area contributed by atoms with Crippen molar-refractivity contribution in [2.75, 3.05) is 32.9 Å². The Morgan fingerprint density at radius 3 is 2.64 bits per heavy atom. The maximum absolute atomic E-state index is 12.3. The van der Waals surface area contributed by atoms with Crippen molar-refractivity contribution in [1.29, 1.82) is 0 Å². The fraction of sp³-hybridized carbons (Fsp3) is 0.765. The lowest BCUT2D eigenvalue weighted by atomic mass is 10.1. The maximum atomic E-state index is 12.3. The van der Waals surface area contributed by atoms with Crippen molar-refractivity contribution in [2.45, 2.75) is 50.1 Å². The number of amides is 3. The van der Waals surface area contributed by atoms with Crippen LogP contribution in [0.1, 0.15) is 32.6 Å². The molecule has 0 aromatic heterocycles. The van der Waals surface area contributed by atoms with E-state index < -0.39 is 17.5 Å². The highest BCUT2D eigenvalue weighted by Crippen LogP contribution is 2.26. The molecule has 11 heteroatoms. The molecule has 0 spiro atoms. The van der Waals surface area contributed by atoms with E-state index in [9.17, 15) is 14.4 Å². The summed E-state index contributed by atoms with van der Waals surface area (Å²) in [6, 6.07) is -0.587. The van der Waals surface area contributed by atoms with E-state index in [1.165, 1.54) is 11.8 Å². The van der Waals surface area contributed by atoms with Crippen LogP contribution in [0.2, 0.25) is 0 Å². The first-order valence-corrected chi connectivity index (χ1v) is 10.5. The average molecular weight is 416 g/mol. The largest absolute Gasteiger partial charge is 0.359 e. The van der Waals surface area contributed by atoms with Crippen molar-refractivity contribution >= 4 is 35.4 Å². The fourth-order valence-corrected chi connectivity index (χ4v) is 3.75. The van der Waals surface area contributed by atoms with Crippen LogP contribution in [0.15, 0.2) is 4.99 Å². The minimum atomic E-state index is -0.587. The van der Waals surface area contributed by atoms with Gasteiger partial charge in [-0.3, -0.25) is 24.3 Å². The third-order valence-electron chi connectivity index (χ3n) is 4.39. The van der Waals surface area contributed by atoms with Crippen LogP contribution in [0.3, 0.4) is 0 Å². The number of hydrogen-bond acceptors (Lipinski definition) is 7. The molecule has 0 radical (unpaired) electrons. The highest BCUT2D eigenvalue weighted by atomic mass is 32.2. The van der Waals surface area contributed by atoms with Gasteiger partial charge in [-0.2, -0.15) is 0 Å². The van der Waals surface area contributed by atoms with Gasteiger partial charge >= 0.3 is 0 Å². The molecule has 1 rings (SSSR count). The van der Waals surface area contributed by atoms with Crippen molar-refractivity contribution in [1.82, 2.24) is 20.9 Å². The third kappa shape index (κ3) is 7.28. The standard InChI is InChI=1S/C17H33N7O3S/c1-4-13(19)24-14(25)10-12(16(24)27)28-9-8-22-15(26)11(18)6-5-7-23-17(20-2)21-3/h11-13H,4-10,18-19H2,1-3H3,(H,22,26)(H2,20,21,23). The van der Waals surface area contributed by atoms with Crippen molar-refractivity contribution < 1.29 is 14.4 Å². The van der Waals surface area contributed by atoms with E-state index >= 15 is 0 Å². The molecule has 10 nitrogen and oxygen atoms in total. The second-order valence-electron chi connectivity index (χ2n) is 6.43. The molecule has 0 aliphatic carbocycles. The summed E-state index contributed by atoms with van der Waals surface area (Å²) < 4.78 is 0. The molecule has 7 N–H and O–H groups in total. The van der Waals surface area contributed by atoms with Crippen molar-refractivity contribution in [2.24, 2.45) is 16.5 Å². The number of imide groups is 1. The maximum Gasteiger partial charge on any atom is 0.244 e. The number of aliphatic imine (C=N–C) groups is 1. The SMILES string of the molecule is CCC(N)N1C(=O)CC(SCCNC(=O)C(N)CCCN/C(=N/C)NC)C1=O. The summed E-state index contributed by atoms with van der Waals surface area (Å²) in [7, 11) is 3.46.